The van der Waals surface area contributed by atoms with Gasteiger partial charge in [0.2, 0.25) is 0 Å². The van der Waals surface area contributed by atoms with E-state index in [0.717, 1.165) is 11.3 Å². The molecule has 0 aliphatic carbocycles. The van der Waals surface area contributed by atoms with Crippen LogP contribution in [0.15, 0.2) is 65.7 Å². The number of sulfone groups is 1. The first-order chi connectivity index (χ1) is 13.1. The second-order valence-corrected chi connectivity index (χ2v) is 9.99. The molecule has 0 N–H and O–H groups in total. The maximum Gasteiger partial charge on any atom is 0.190 e. The van der Waals surface area contributed by atoms with Gasteiger partial charge in [0.25, 0.3) is 0 Å². The molecule has 1 aromatic heterocycles. The minimum atomic E-state index is -3.88. The number of imidazole rings is 1. The summed E-state index contributed by atoms with van der Waals surface area (Å²) in [6, 6.07) is 15.5. The first kappa shape index (κ1) is 20.3. The van der Waals surface area contributed by atoms with Gasteiger partial charge in [0, 0.05) is 12.1 Å². The van der Waals surface area contributed by atoms with Crippen LogP contribution in [-0.2, 0) is 28.1 Å². The van der Waals surface area contributed by atoms with Gasteiger partial charge in [-0.15, -0.1) is 0 Å². The molecule has 5 nitrogen and oxygen atoms in total. The zero-order valence-corrected chi connectivity index (χ0v) is 17.5. The minimum absolute atomic E-state index is 0.0695. The van der Waals surface area contributed by atoms with Gasteiger partial charge >= 0.3 is 0 Å². The molecule has 3 rings (SSSR count). The molecule has 0 bridgehead atoms. The summed E-state index contributed by atoms with van der Waals surface area (Å²) < 4.78 is 26.3. The zero-order chi connectivity index (χ0) is 20.5. The lowest BCUT2D eigenvalue weighted by Gasteiger charge is -2.23. The number of halogens is 1. The highest BCUT2D eigenvalue weighted by atomic mass is 35.5. The molecule has 0 saturated carbocycles. The van der Waals surface area contributed by atoms with Crippen LogP contribution in [0.2, 0.25) is 5.02 Å². The SMILES string of the molecule is Cn1c(-c2ccccc2)cnc1CC(=O)C(C)(C)S(=O)(=O)c1ccc(Cl)cc1. The third kappa shape index (κ3) is 3.62. The van der Waals surface area contributed by atoms with E-state index in [9.17, 15) is 13.2 Å². The lowest BCUT2D eigenvalue weighted by molar-refractivity contribution is -0.120. The molecule has 0 aliphatic rings. The fourth-order valence-electron chi connectivity index (χ4n) is 2.90. The molecule has 0 aliphatic heterocycles. The topological polar surface area (TPSA) is 69.0 Å². The molecular weight excluding hydrogens is 396 g/mol. The standard InChI is InChI=1S/C21H21ClN2O3S/c1-21(2,28(26,27)17-11-9-16(22)10-12-17)19(25)13-20-23-14-18(24(20)3)15-7-5-4-6-8-15/h4-12,14H,13H2,1-3H3. The quantitative estimate of drug-likeness (QED) is 0.606. The predicted octanol–water partition coefficient (Wildman–Crippen LogP) is 4.10. The highest BCUT2D eigenvalue weighted by molar-refractivity contribution is 7.93. The van der Waals surface area contributed by atoms with Crippen molar-refractivity contribution in [2.45, 2.75) is 29.9 Å². The fourth-order valence-corrected chi connectivity index (χ4v) is 4.49. The number of nitrogens with zero attached hydrogens (tertiary/aromatic N) is 2. The number of benzene rings is 2. The van der Waals surface area contributed by atoms with Crippen molar-refractivity contribution in [2.24, 2.45) is 7.05 Å². The summed E-state index contributed by atoms with van der Waals surface area (Å²) >= 11 is 5.84. The van der Waals surface area contributed by atoms with Crippen LogP contribution in [0.25, 0.3) is 11.3 Å². The molecule has 0 spiro atoms. The lowest BCUT2D eigenvalue weighted by atomic mass is 10.1. The maximum absolute atomic E-state index is 13.0. The Morgan fingerprint density at radius 3 is 2.29 bits per heavy atom. The number of carbonyl (C=O) groups is 1. The largest absolute Gasteiger partial charge is 0.331 e. The van der Waals surface area contributed by atoms with Crippen LogP contribution < -0.4 is 0 Å². The molecule has 146 valence electrons. The molecule has 7 heteroatoms. The molecule has 0 fully saturated rings. The number of ketones is 1. The summed E-state index contributed by atoms with van der Waals surface area (Å²) in [4.78, 5) is 17.4. The van der Waals surface area contributed by atoms with Crippen molar-refractivity contribution >= 4 is 27.2 Å². The highest BCUT2D eigenvalue weighted by Gasteiger charge is 2.42. The summed E-state index contributed by atoms with van der Waals surface area (Å²) in [5.74, 6) is 0.0963. The van der Waals surface area contributed by atoms with Gasteiger partial charge in [-0.25, -0.2) is 13.4 Å². The van der Waals surface area contributed by atoms with E-state index in [0.29, 0.717) is 10.8 Å². The number of rotatable bonds is 6. The van der Waals surface area contributed by atoms with E-state index in [2.05, 4.69) is 4.98 Å². The van der Waals surface area contributed by atoms with E-state index in [1.54, 1.807) is 6.20 Å². The van der Waals surface area contributed by atoms with Crippen molar-refractivity contribution in [3.05, 3.63) is 71.6 Å². The molecule has 1 heterocycles. The summed E-state index contributed by atoms with van der Waals surface area (Å²) in [7, 11) is -2.06. The number of hydrogen-bond acceptors (Lipinski definition) is 4. The lowest BCUT2D eigenvalue weighted by Crippen LogP contribution is -2.42. The molecule has 0 saturated heterocycles. The van der Waals surface area contributed by atoms with Crippen molar-refractivity contribution in [1.29, 1.82) is 0 Å². The highest BCUT2D eigenvalue weighted by Crippen LogP contribution is 2.29. The summed E-state index contributed by atoms with van der Waals surface area (Å²) in [5.41, 5.74) is 1.84. The molecule has 0 amide bonds. The Bertz CT molecular complexity index is 1100. The van der Waals surface area contributed by atoms with E-state index >= 15 is 0 Å². The van der Waals surface area contributed by atoms with Crippen molar-refractivity contribution in [3.63, 3.8) is 0 Å². The maximum atomic E-state index is 13.0. The van der Waals surface area contributed by atoms with Crippen molar-refractivity contribution in [2.75, 3.05) is 0 Å². The summed E-state index contributed by atoms with van der Waals surface area (Å²) in [5, 5.41) is 0.435. The number of hydrogen-bond donors (Lipinski definition) is 0. The van der Waals surface area contributed by atoms with Crippen molar-refractivity contribution in [1.82, 2.24) is 9.55 Å². The van der Waals surface area contributed by atoms with Crippen LogP contribution >= 0.6 is 11.6 Å². The Labute approximate surface area is 169 Å². The molecule has 2 aromatic carbocycles. The van der Waals surface area contributed by atoms with Gasteiger partial charge in [0.1, 0.15) is 10.6 Å². The molecule has 28 heavy (non-hydrogen) atoms. The first-order valence-corrected chi connectivity index (χ1v) is 10.6. The first-order valence-electron chi connectivity index (χ1n) is 8.74. The summed E-state index contributed by atoms with van der Waals surface area (Å²) in [6.45, 7) is 2.86. The number of Topliss-reactive ketones (excluding diaryl/α,β-unsaturated/α-hetero) is 1. The van der Waals surface area contributed by atoms with Gasteiger partial charge in [-0.05, 0) is 43.7 Å². The number of aromatic nitrogens is 2. The van der Waals surface area contributed by atoms with Crippen molar-refractivity contribution in [3.8, 4) is 11.3 Å². The van der Waals surface area contributed by atoms with Crippen molar-refractivity contribution < 1.29 is 13.2 Å². The third-order valence-corrected chi connectivity index (χ3v) is 7.66. The Kier molecular flexibility index (Phi) is 5.46. The molecule has 3 aromatic rings. The molecule has 0 radical (unpaired) electrons. The van der Waals surface area contributed by atoms with Crippen LogP contribution in [-0.4, -0.2) is 28.5 Å². The Hall–Kier alpha value is -2.44. The monoisotopic (exact) mass is 416 g/mol. The average Bonchev–Trinajstić information content (AvgIpc) is 3.03. The molecule has 0 atom stereocenters. The molecular formula is C21H21ClN2O3S. The van der Waals surface area contributed by atoms with Gasteiger partial charge in [-0.2, -0.15) is 0 Å². The summed E-state index contributed by atoms with van der Waals surface area (Å²) in [6.07, 6.45) is 1.61. The second-order valence-electron chi connectivity index (χ2n) is 7.05. The Morgan fingerprint density at radius 2 is 1.68 bits per heavy atom. The number of carbonyl (C=O) groups excluding carboxylic acids is 1. The smallest absolute Gasteiger partial charge is 0.190 e. The normalized spacial score (nSPS) is 12.1. The van der Waals surface area contributed by atoms with E-state index in [4.69, 9.17) is 11.6 Å². The van der Waals surface area contributed by atoms with E-state index in [-0.39, 0.29) is 11.3 Å². The predicted molar refractivity (Wildman–Crippen MR) is 110 cm³/mol. The Morgan fingerprint density at radius 1 is 1.07 bits per heavy atom. The van der Waals surface area contributed by atoms with Crippen LogP contribution in [0.5, 0.6) is 0 Å². The third-order valence-electron chi connectivity index (χ3n) is 4.94. The van der Waals surface area contributed by atoms with Crippen LogP contribution in [0, 0.1) is 0 Å². The van der Waals surface area contributed by atoms with Crippen LogP contribution in [0.1, 0.15) is 19.7 Å². The second kappa shape index (κ2) is 7.53. The van der Waals surface area contributed by atoms with E-state index in [1.807, 2.05) is 41.9 Å². The van der Waals surface area contributed by atoms with Gasteiger partial charge in [0.05, 0.1) is 23.2 Å². The van der Waals surface area contributed by atoms with Gasteiger partial charge in [0.15, 0.2) is 15.6 Å². The Balaban J connectivity index is 1.88. The fraction of sp³-hybridized carbons (Fsp3) is 0.238. The van der Waals surface area contributed by atoms with Gasteiger partial charge < -0.3 is 4.57 Å². The van der Waals surface area contributed by atoms with Gasteiger partial charge in [-0.1, -0.05) is 41.9 Å². The van der Waals surface area contributed by atoms with Crippen LogP contribution in [0.3, 0.4) is 0 Å². The zero-order valence-electron chi connectivity index (χ0n) is 15.9. The van der Waals surface area contributed by atoms with Crippen LogP contribution in [0.4, 0.5) is 0 Å². The van der Waals surface area contributed by atoms with E-state index < -0.39 is 20.4 Å². The van der Waals surface area contributed by atoms with Gasteiger partial charge in [-0.3, -0.25) is 4.79 Å². The van der Waals surface area contributed by atoms with E-state index in [1.165, 1.54) is 38.1 Å². The molecule has 0 unspecified atom stereocenters. The minimum Gasteiger partial charge on any atom is -0.331 e. The average molecular weight is 417 g/mol.